The van der Waals surface area contributed by atoms with Crippen molar-refractivity contribution >= 4 is 17.2 Å². The van der Waals surface area contributed by atoms with Crippen LogP contribution in [0.25, 0.3) is 5.65 Å². The Bertz CT molecular complexity index is 1340. The molecule has 2 bridgehead atoms. The summed E-state index contributed by atoms with van der Waals surface area (Å²) in [4.78, 5) is 31.1. The van der Waals surface area contributed by atoms with Crippen LogP contribution in [0.15, 0.2) is 41.6 Å². The van der Waals surface area contributed by atoms with Gasteiger partial charge in [0, 0.05) is 36.1 Å². The first-order valence-electron chi connectivity index (χ1n) is 13.1. The molecule has 36 heavy (non-hydrogen) atoms. The molecule has 1 aliphatic heterocycles. The number of anilines is 1. The van der Waals surface area contributed by atoms with E-state index in [4.69, 9.17) is 14.5 Å². The van der Waals surface area contributed by atoms with Crippen LogP contribution in [0, 0.1) is 0 Å². The second-order valence-electron chi connectivity index (χ2n) is 10.6. The van der Waals surface area contributed by atoms with Gasteiger partial charge in [0.05, 0.1) is 29.6 Å². The number of rotatable bonds is 6. The van der Waals surface area contributed by atoms with Crippen LogP contribution in [0.1, 0.15) is 88.8 Å². The van der Waals surface area contributed by atoms with E-state index in [9.17, 15) is 9.59 Å². The van der Waals surface area contributed by atoms with Crippen molar-refractivity contribution in [3.8, 4) is 5.75 Å². The number of carbonyl (C=O) groups is 1. The molecule has 192 valence electrons. The third kappa shape index (κ3) is 4.32. The van der Waals surface area contributed by atoms with Crippen molar-refractivity contribution < 1.29 is 14.3 Å². The SMILES string of the molecule is CC.CC(C)Oc1cc2nc(C34CC[C@@](C)(C3)OC4)cn2cc1C(=O)Nc1cccn(C2CC2)c1=O. The minimum Gasteiger partial charge on any atom is -0.490 e. The highest BCUT2D eigenvalue weighted by atomic mass is 16.5. The summed E-state index contributed by atoms with van der Waals surface area (Å²) in [5.74, 6) is 0.0706. The van der Waals surface area contributed by atoms with Crippen LogP contribution in [0.3, 0.4) is 0 Å². The smallest absolute Gasteiger partial charge is 0.274 e. The molecule has 3 fully saturated rings. The van der Waals surface area contributed by atoms with Crippen molar-refractivity contribution in [2.75, 3.05) is 11.9 Å². The number of pyridine rings is 2. The minimum absolute atomic E-state index is 0.0597. The topological polar surface area (TPSA) is 86.9 Å². The number of aromatic nitrogens is 3. The molecule has 1 amide bonds. The van der Waals surface area contributed by atoms with Crippen LogP contribution in [-0.4, -0.2) is 38.2 Å². The summed E-state index contributed by atoms with van der Waals surface area (Å²) < 4.78 is 15.7. The molecule has 8 nitrogen and oxygen atoms in total. The number of hydrogen-bond acceptors (Lipinski definition) is 5. The Morgan fingerprint density at radius 2 is 2.03 bits per heavy atom. The van der Waals surface area contributed by atoms with Gasteiger partial charge in [-0.2, -0.15) is 0 Å². The Labute approximate surface area is 211 Å². The molecule has 3 aliphatic rings. The second kappa shape index (κ2) is 9.07. The number of imidazole rings is 1. The van der Waals surface area contributed by atoms with E-state index in [0.29, 0.717) is 17.9 Å². The van der Waals surface area contributed by atoms with Crippen molar-refractivity contribution in [3.63, 3.8) is 0 Å². The summed E-state index contributed by atoms with van der Waals surface area (Å²) in [5, 5.41) is 2.81. The molecule has 1 N–H and O–H groups in total. The lowest BCUT2D eigenvalue weighted by atomic mass is 9.84. The van der Waals surface area contributed by atoms with Crippen molar-refractivity contribution in [2.45, 2.75) is 89.9 Å². The van der Waals surface area contributed by atoms with E-state index in [-0.39, 0.29) is 40.3 Å². The van der Waals surface area contributed by atoms with E-state index < -0.39 is 0 Å². The number of carbonyl (C=O) groups excluding carboxylic acids is 1. The fourth-order valence-corrected chi connectivity index (χ4v) is 5.48. The molecule has 0 spiro atoms. The fraction of sp³-hybridized carbons (Fsp3) is 0.536. The Morgan fingerprint density at radius 1 is 1.25 bits per heavy atom. The molecule has 3 aromatic heterocycles. The Morgan fingerprint density at radius 3 is 2.64 bits per heavy atom. The van der Waals surface area contributed by atoms with E-state index in [2.05, 4.69) is 12.2 Å². The van der Waals surface area contributed by atoms with Crippen LogP contribution >= 0.6 is 0 Å². The molecule has 0 aromatic carbocycles. The fourth-order valence-electron chi connectivity index (χ4n) is 5.48. The molecule has 1 saturated heterocycles. The molecule has 1 unspecified atom stereocenters. The number of amides is 1. The molecular weight excluding hydrogens is 456 g/mol. The standard InChI is InChI=1S/C26H30N4O4.C2H6/c1-16(2)34-20-11-22-28-21(26-9-8-25(3,14-26)33-15-26)13-29(22)12-18(20)23(31)27-19-5-4-10-30(24(19)32)17-6-7-17;1-2/h4-5,10-13,16-17H,6-9,14-15H2,1-3H3,(H,27,31);1-2H3/t25-,26?;/m0./s1. The summed E-state index contributed by atoms with van der Waals surface area (Å²) in [7, 11) is 0. The van der Waals surface area contributed by atoms with E-state index in [0.717, 1.165) is 43.4 Å². The average molecular weight is 493 g/mol. The monoisotopic (exact) mass is 492 g/mol. The number of ether oxygens (including phenoxy) is 2. The number of nitrogens with zero attached hydrogens (tertiary/aromatic N) is 3. The summed E-state index contributed by atoms with van der Waals surface area (Å²) >= 11 is 0. The van der Waals surface area contributed by atoms with Crippen LogP contribution < -0.4 is 15.6 Å². The van der Waals surface area contributed by atoms with Crippen molar-refractivity contribution in [3.05, 3.63) is 58.4 Å². The maximum absolute atomic E-state index is 13.3. The van der Waals surface area contributed by atoms with E-state index >= 15 is 0 Å². The Balaban J connectivity index is 0.00000130. The van der Waals surface area contributed by atoms with Gasteiger partial charge in [0.15, 0.2) is 0 Å². The van der Waals surface area contributed by atoms with Gasteiger partial charge in [-0.3, -0.25) is 9.59 Å². The number of nitrogens with one attached hydrogen (secondary N) is 1. The van der Waals surface area contributed by atoms with Gasteiger partial charge in [0.1, 0.15) is 17.1 Å². The summed E-state index contributed by atoms with van der Waals surface area (Å²) in [6.45, 7) is 10.7. The third-order valence-electron chi connectivity index (χ3n) is 7.41. The Kier molecular flexibility index (Phi) is 6.19. The highest BCUT2D eigenvalue weighted by Crippen LogP contribution is 2.53. The molecule has 2 aliphatic carbocycles. The first-order chi connectivity index (χ1) is 17.3. The molecule has 3 aromatic rings. The maximum Gasteiger partial charge on any atom is 0.274 e. The summed E-state index contributed by atoms with van der Waals surface area (Å²) in [6, 6.07) is 5.49. The average Bonchev–Trinajstić information content (AvgIpc) is 3.38. The molecule has 2 saturated carbocycles. The number of hydrogen-bond donors (Lipinski definition) is 1. The highest BCUT2D eigenvalue weighted by molar-refractivity contribution is 6.06. The van der Waals surface area contributed by atoms with Gasteiger partial charge in [0.2, 0.25) is 0 Å². The lowest BCUT2D eigenvalue weighted by Gasteiger charge is -2.24. The maximum atomic E-state index is 13.3. The molecule has 6 rings (SSSR count). The van der Waals surface area contributed by atoms with E-state index in [1.54, 1.807) is 29.1 Å². The molecular formula is C28H36N4O4. The van der Waals surface area contributed by atoms with Gasteiger partial charge < -0.3 is 23.8 Å². The lowest BCUT2D eigenvalue weighted by molar-refractivity contribution is -0.00627. The van der Waals surface area contributed by atoms with Gasteiger partial charge in [0.25, 0.3) is 11.5 Å². The van der Waals surface area contributed by atoms with Gasteiger partial charge in [-0.15, -0.1) is 0 Å². The predicted molar refractivity (Wildman–Crippen MR) is 139 cm³/mol. The van der Waals surface area contributed by atoms with E-state index in [1.165, 1.54) is 0 Å². The first-order valence-corrected chi connectivity index (χ1v) is 13.1. The largest absolute Gasteiger partial charge is 0.490 e. The molecule has 0 radical (unpaired) electrons. The zero-order chi connectivity index (χ0) is 25.7. The predicted octanol–water partition coefficient (Wildman–Crippen LogP) is 5.11. The van der Waals surface area contributed by atoms with Gasteiger partial charge in [-0.05, 0) is 65.0 Å². The third-order valence-corrected chi connectivity index (χ3v) is 7.41. The highest BCUT2D eigenvalue weighted by Gasteiger charge is 2.55. The van der Waals surface area contributed by atoms with Crippen LogP contribution in [0.4, 0.5) is 5.69 Å². The normalized spacial score (nSPS) is 24.6. The van der Waals surface area contributed by atoms with Crippen molar-refractivity contribution in [1.82, 2.24) is 14.0 Å². The second-order valence-corrected chi connectivity index (χ2v) is 10.6. The van der Waals surface area contributed by atoms with Crippen LogP contribution in [0.2, 0.25) is 0 Å². The zero-order valence-corrected chi connectivity index (χ0v) is 21.8. The van der Waals surface area contributed by atoms with Gasteiger partial charge in [-0.1, -0.05) is 13.8 Å². The van der Waals surface area contributed by atoms with Crippen LogP contribution in [-0.2, 0) is 10.2 Å². The van der Waals surface area contributed by atoms with Gasteiger partial charge in [-0.25, -0.2) is 4.98 Å². The van der Waals surface area contributed by atoms with Gasteiger partial charge >= 0.3 is 0 Å². The zero-order valence-electron chi connectivity index (χ0n) is 21.8. The van der Waals surface area contributed by atoms with Crippen molar-refractivity contribution in [2.24, 2.45) is 0 Å². The van der Waals surface area contributed by atoms with Crippen LogP contribution in [0.5, 0.6) is 5.75 Å². The number of fused-ring (bicyclic) bond motifs is 3. The first kappa shape index (κ1) is 24.6. The molecule has 4 heterocycles. The van der Waals surface area contributed by atoms with E-state index in [1.807, 2.05) is 44.4 Å². The minimum atomic E-state index is -0.380. The Hall–Kier alpha value is -3.13. The molecule has 2 atom stereocenters. The summed E-state index contributed by atoms with van der Waals surface area (Å²) in [5.41, 5.74) is 2.05. The lowest BCUT2D eigenvalue weighted by Crippen LogP contribution is -2.26. The summed E-state index contributed by atoms with van der Waals surface area (Å²) in [6.07, 6.45) is 10.5. The quantitative estimate of drug-likeness (QED) is 0.517. The molecule has 8 heteroatoms. The van der Waals surface area contributed by atoms with Crippen molar-refractivity contribution in [1.29, 1.82) is 0 Å².